The largest absolute Gasteiger partial charge is 0.297 e. The minimum Gasteiger partial charge on any atom is -0.291 e. The molecule has 0 spiro atoms. The molecule has 2 aromatic rings. The molecule has 7 heteroatoms. The highest BCUT2D eigenvalue weighted by Gasteiger charge is 2.19. The zero-order chi connectivity index (χ0) is 16.3. The number of carbonyl (C=O) groups excluding carboxylic acids is 1. The van der Waals surface area contributed by atoms with Crippen molar-refractivity contribution in [3.8, 4) is 0 Å². The lowest BCUT2D eigenvalue weighted by molar-refractivity contribution is 0.0920. The van der Waals surface area contributed by atoms with Crippen molar-refractivity contribution in [2.75, 3.05) is 6.61 Å². The van der Waals surface area contributed by atoms with Crippen LogP contribution in [0.15, 0.2) is 47.4 Å². The van der Waals surface area contributed by atoms with Gasteiger partial charge in [-0.15, -0.1) is 0 Å². The average Bonchev–Trinajstić information content (AvgIpc) is 2.45. The zero-order valence-electron chi connectivity index (χ0n) is 11.5. The maximum absolute atomic E-state index is 13.4. The van der Waals surface area contributed by atoms with Crippen molar-refractivity contribution >= 4 is 15.9 Å². The van der Waals surface area contributed by atoms with Gasteiger partial charge in [-0.2, -0.15) is 8.42 Å². The molecule has 0 bridgehead atoms. The van der Waals surface area contributed by atoms with Crippen molar-refractivity contribution in [3.05, 3.63) is 65.2 Å². The Hall–Kier alpha value is -2.12. The minimum absolute atomic E-state index is 0.106. The van der Waals surface area contributed by atoms with Crippen LogP contribution in [0.25, 0.3) is 0 Å². The van der Waals surface area contributed by atoms with Crippen LogP contribution < -0.4 is 0 Å². The van der Waals surface area contributed by atoms with Crippen LogP contribution in [-0.4, -0.2) is 20.8 Å². The van der Waals surface area contributed by atoms with Gasteiger partial charge < -0.3 is 0 Å². The lowest BCUT2D eigenvalue weighted by Crippen LogP contribution is -2.16. The number of Topliss-reactive ketones (excluding diaryl/α,β-unsaturated/α-hetero) is 1. The van der Waals surface area contributed by atoms with Crippen LogP contribution in [0.3, 0.4) is 0 Å². The van der Waals surface area contributed by atoms with Crippen LogP contribution in [0.1, 0.15) is 15.9 Å². The van der Waals surface area contributed by atoms with E-state index in [0.717, 1.165) is 17.7 Å². The summed E-state index contributed by atoms with van der Waals surface area (Å²) >= 11 is 0. The van der Waals surface area contributed by atoms with Crippen LogP contribution in [0.4, 0.5) is 8.78 Å². The second-order valence-corrected chi connectivity index (χ2v) is 6.19. The maximum Gasteiger partial charge on any atom is 0.297 e. The summed E-state index contributed by atoms with van der Waals surface area (Å²) in [5, 5.41) is 0. The van der Waals surface area contributed by atoms with Crippen molar-refractivity contribution in [2.45, 2.75) is 11.8 Å². The number of ketones is 1. The van der Waals surface area contributed by atoms with Crippen molar-refractivity contribution in [1.29, 1.82) is 0 Å². The molecule has 0 saturated carbocycles. The van der Waals surface area contributed by atoms with E-state index in [1.165, 1.54) is 12.1 Å². The Balaban J connectivity index is 2.11. The van der Waals surface area contributed by atoms with Gasteiger partial charge in [-0.3, -0.25) is 8.98 Å². The van der Waals surface area contributed by atoms with E-state index >= 15 is 0 Å². The number of halogens is 2. The Bertz CT molecular complexity index is 799. The molecule has 116 valence electrons. The minimum atomic E-state index is -4.12. The molecule has 0 heterocycles. The van der Waals surface area contributed by atoms with Crippen LogP contribution in [0.2, 0.25) is 0 Å². The highest BCUT2D eigenvalue weighted by atomic mass is 32.2. The molecule has 0 aliphatic rings. The van der Waals surface area contributed by atoms with E-state index in [-0.39, 0.29) is 4.90 Å². The molecule has 0 amide bonds. The summed E-state index contributed by atoms with van der Waals surface area (Å²) < 4.78 is 54.6. The van der Waals surface area contributed by atoms with Crippen molar-refractivity contribution in [3.63, 3.8) is 0 Å². The number of benzene rings is 2. The standard InChI is InChI=1S/C15H12F2O4S/c1-10-2-5-12(6-3-10)22(19,20)21-9-15(18)13-7-4-11(16)8-14(13)17/h2-8H,9H2,1H3. The van der Waals surface area contributed by atoms with E-state index in [1.54, 1.807) is 19.1 Å². The fourth-order valence-corrected chi connectivity index (χ4v) is 2.57. The smallest absolute Gasteiger partial charge is 0.291 e. The van der Waals surface area contributed by atoms with Crippen LogP contribution in [0, 0.1) is 18.6 Å². The van der Waals surface area contributed by atoms with Gasteiger partial charge in [0.25, 0.3) is 10.1 Å². The average molecular weight is 326 g/mol. The first-order valence-electron chi connectivity index (χ1n) is 6.24. The number of carbonyl (C=O) groups is 1. The van der Waals surface area contributed by atoms with Crippen LogP contribution in [-0.2, 0) is 14.3 Å². The third-order valence-electron chi connectivity index (χ3n) is 2.89. The number of hydrogen-bond donors (Lipinski definition) is 0. The highest BCUT2D eigenvalue weighted by molar-refractivity contribution is 7.86. The summed E-state index contributed by atoms with van der Waals surface area (Å²) in [5.41, 5.74) is 0.434. The summed E-state index contributed by atoms with van der Waals surface area (Å²) in [6.45, 7) is 0.927. The van der Waals surface area contributed by atoms with Gasteiger partial charge in [0, 0.05) is 6.07 Å². The third kappa shape index (κ3) is 3.75. The van der Waals surface area contributed by atoms with Crippen molar-refractivity contribution in [2.24, 2.45) is 0 Å². The quantitative estimate of drug-likeness (QED) is 0.626. The van der Waals surface area contributed by atoms with Gasteiger partial charge in [0.1, 0.15) is 18.2 Å². The second-order valence-electron chi connectivity index (χ2n) is 4.58. The van der Waals surface area contributed by atoms with E-state index in [2.05, 4.69) is 4.18 Å². The van der Waals surface area contributed by atoms with Crippen molar-refractivity contribution in [1.82, 2.24) is 0 Å². The summed E-state index contributed by atoms with van der Waals surface area (Å²) in [6.07, 6.45) is 0. The fraction of sp³-hybridized carbons (Fsp3) is 0.133. The van der Waals surface area contributed by atoms with E-state index in [4.69, 9.17) is 0 Å². The predicted molar refractivity (Wildman–Crippen MR) is 75.0 cm³/mol. The normalized spacial score (nSPS) is 11.4. The van der Waals surface area contributed by atoms with E-state index in [9.17, 15) is 22.0 Å². The van der Waals surface area contributed by atoms with E-state index < -0.39 is 39.7 Å². The van der Waals surface area contributed by atoms with Gasteiger partial charge in [0.15, 0.2) is 5.78 Å². The fourth-order valence-electron chi connectivity index (χ4n) is 1.70. The number of aryl methyl sites for hydroxylation is 1. The molecule has 2 rings (SSSR count). The Morgan fingerprint density at radius 1 is 1.09 bits per heavy atom. The van der Waals surface area contributed by atoms with Crippen LogP contribution >= 0.6 is 0 Å². The highest BCUT2D eigenvalue weighted by Crippen LogP contribution is 2.15. The molecule has 22 heavy (non-hydrogen) atoms. The maximum atomic E-state index is 13.4. The van der Waals surface area contributed by atoms with E-state index in [0.29, 0.717) is 6.07 Å². The molecule has 0 N–H and O–H groups in total. The number of hydrogen-bond acceptors (Lipinski definition) is 4. The zero-order valence-corrected chi connectivity index (χ0v) is 12.4. The van der Waals surface area contributed by atoms with Gasteiger partial charge in [-0.25, -0.2) is 8.78 Å². The molecule has 2 aromatic carbocycles. The Morgan fingerprint density at radius 3 is 2.32 bits per heavy atom. The third-order valence-corrected chi connectivity index (χ3v) is 4.16. The van der Waals surface area contributed by atoms with Crippen LogP contribution in [0.5, 0.6) is 0 Å². The lowest BCUT2D eigenvalue weighted by atomic mass is 10.1. The van der Waals surface area contributed by atoms with Gasteiger partial charge in [0.05, 0.1) is 10.5 Å². The number of rotatable bonds is 5. The lowest BCUT2D eigenvalue weighted by Gasteiger charge is -2.06. The predicted octanol–water partition coefficient (Wildman–Crippen LogP) is 2.86. The molecular weight excluding hydrogens is 314 g/mol. The molecule has 4 nitrogen and oxygen atoms in total. The van der Waals surface area contributed by atoms with Gasteiger partial charge in [-0.1, -0.05) is 17.7 Å². The molecule has 0 atom stereocenters. The molecule has 0 radical (unpaired) electrons. The van der Waals surface area contributed by atoms with Gasteiger partial charge in [0.2, 0.25) is 0 Å². The van der Waals surface area contributed by atoms with E-state index in [1.807, 2.05) is 0 Å². The Labute approximate surface area is 126 Å². The molecule has 0 aromatic heterocycles. The summed E-state index contributed by atoms with van der Waals surface area (Å²) in [6, 6.07) is 8.23. The molecule has 0 fully saturated rings. The summed E-state index contributed by atoms with van der Waals surface area (Å²) in [7, 11) is -4.12. The molecule has 0 unspecified atom stereocenters. The second kappa shape index (κ2) is 6.33. The molecule has 0 aliphatic heterocycles. The Kier molecular flexibility index (Phi) is 4.68. The van der Waals surface area contributed by atoms with Crippen molar-refractivity contribution < 1.29 is 26.2 Å². The first-order chi connectivity index (χ1) is 10.3. The summed E-state index contributed by atoms with van der Waals surface area (Å²) in [4.78, 5) is 11.7. The SMILES string of the molecule is Cc1ccc(S(=O)(=O)OCC(=O)c2ccc(F)cc2F)cc1. The monoisotopic (exact) mass is 326 g/mol. The summed E-state index contributed by atoms with van der Waals surface area (Å²) in [5.74, 6) is -2.79. The first-order valence-corrected chi connectivity index (χ1v) is 7.65. The van der Waals surface area contributed by atoms with Gasteiger partial charge in [-0.05, 0) is 31.2 Å². The molecule has 0 aliphatic carbocycles. The molecular formula is C15H12F2O4S. The topological polar surface area (TPSA) is 60.4 Å². The molecule has 0 saturated heterocycles. The first kappa shape index (κ1) is 16.3. The van der Waals surface area contributed by atoms with Gasteiger partial charge >= 0.3 is 0 Å². The Morgan fingerprint density at radius 2 is 1.73 bits per heavy atom.